The molecule has 3 aliphatic rings. The number of aliphatic hydroxyl groups is 2. The Bertz CT molecular complexity index is 547. The maximum Gasteiger partial charge on any atom is 0.266 e. The molecule has 1 aromatic rings. The minimum absolute atomic E-state index is 0.195. The van der Waals surface area contributed by atoms with Crippen molar-refractivity contribution >= 4 is 5.95 Å². The van der Waals surface area contributed by atoms with Crippen molar-refractivity contribution in [2.45, 2.75) is 62.3 Å². The number of ether oxygens (including phenoxy) is 1. The van der Waals surface area contributed by atoms with Crippen LogP contribution >= 0.6 is 0 Å². The van der Waals surface area contributed by atoms with Gasteiger partial charge in [-0.3, -0.25) is 0 Å². The van der Waals surface area contributed by atoms with Crippen LogP contribution < -0.4 is 4.90 Å². The van der Waals surface area contributed by atoms with Crippen LogP contribution in [0.1, 0.15) is 50.8 Å². The third-order valence-electron chi connectivity index (χ3n) is 5.26. The zero-order chi connectivity index (χ0) is 15.4. The van der Waals surface area contributed by atoms with Crippen LogP contribution in [0.2, 0.25) is 0 Å². The number of piperidine rings is 1. The Morgan fingerprint density at radius 2 is 2.00 bits per heavy atom. The van der Waals surface area contributed by atoms with Crippen LogP contribution in [0.3, 0.4) is 0 Å². The lowest BCUT2D eigenvalue weighted by molar-refractivity contribution is -0.216. The van der Waals surface area contributed by atoms with Gasteiger partial charge in [-0.2, -0.15) is 4.98 Å². The van der Waals surface area contributed by atoms with Gasteiger partial charge in [0.2, 0.25) is 5.89 Å². The van der Waals surface area contributed by atoms with Gasteiger partial charge in [0.15, 0.2) is 0 Å². The highest BCUT2D eigenvalue weighted by Crippen LogP contribution is 2.41. The van der Waals surface area contributed by atoms with Crippen LogP contribution in [-0.2, 0) is 4.74 Å². The van der Waals surface area contributed by atoms with E-state index in [0.29, 0.717) is 18.3 Å². The average molecular weight is 309 g/mol. The third-order valence-corrected chi connectivity index (χ3v) is 5.26. The number of hydrogen-bond donors (Lipinski definition) is 2. The minimum atomic E-state index is -1.08. The van der Waals surface area contributed by atoms with E-state index in [0.717, 1.165) is 44.7 Å². The van der Waals surface area contributed by atoms with Crippen molar-refractivity contribution in [3.8, 4) is 0 Å². The summed E-state index contributed by atoms with van der Waals surface area (Å²) in [4.78, 5) is 6.60. The normalized spacial score (nSPS) is 35.0. The molecule has 0 radical (unpaired) electrons. The number of hydrogen-bond acceptors (Lipinski definition) is 7. The molecule has 7 heteroatoms. The fourth-order valence-corrected chi connectivity index (χ4v) is 3.54. The Morgan fingerprint density at radius 1 is 1.27 bits per heavy atom. The highest BCUT2D eigenvalue weighted by Gasteiger charge is 2.49. The molecule has 0 aromatic carbocycles. The first-order chi connectivity index (χ1) is 10.5. The number of aliphatic hydroxyl groups excluding tert-OH is 1. The van der Waals surface area contributed by atoms with Gasteiger partial charge >= 0.3 is 0 Å². The zero-order valence-electron chi connectivity index (χ0n) is 12.9. The lowest BCUT2D eigenvalue weighted by Gasteiger charge is -2.49. The summed E-state index contributed by atoms with van der Waals surface area (Å²) in [5.74, 6) is 1.89. The maximum absolute atomic E-state index is 10.3. The fraction of sp³-hybridized carbons (Fsp3) is 0.867. The van der Waals surface area contributed by atoms with Gasteiger partial charge in [0.25, 0.3) is 5.95 Å². The predicted molar refractivity (Wildman–Crippen MR) is 77.7 cm³/mol. The Labute approximate surface area is 129 Å². The van der Waals surface area contributed by atoms with Crippen LogP contribution in [0, 0.1) is 0 Å². The van der Waals surface area contributed by atoms with Gasteiger partial charge in [-0.05, 0) is 37.8 Å². The number of rotatable bonds is 2. The molecule has 122 valence electrons. The number of nitrogens with zero attached hydrogens (tertiary/aromatic N) is 3. The van der Waals surface area contributed by atoms with Crippen molar-refractivity contribution in [2.75, 3.05) is 24.6 Å². The van der Waals surface area contributed by atoms with Crippen molar-refractivity contribution in [3.05, 3.63) is 5.89 Å². The van der Waals surface area contributed by atoms with E-state index in [1.165, 1.54) is 0 Å². The van der Waals surface area contributed by atoms with Gasteiger partial charge in [-0.25, -0.2) is 0 Å². The predicted octanol–water partition coefficient (Wildman–Crippen LogP) is 0.818. The third kappa shape index (κ3) is 2.51. The molecule has 1 aliphatic carbocycles. The molecular weight excluding hydrogens is 286 g/mol. The smallest absolute Gasteiger partial charge is 0.266 e. The van der Waals surface area contributed by atoms with Crippen molar-refractivity contribution < 1.29 is 19.5 Å². The van der Waals surface area contributed by atoms with Gasteiger partial charge in [-0.15, -0.1) is 0 Å². The Balaban J connectivity index is 1.41. The molecule has 4 rings (SSSR count). The first-order valence-electron chi connectivity index (χ1n) is 8.10. The molecule has 1 aromatic heterocycles. The van der Waals surface area contributed by atoms with E-state index < -0.39 is 11.7 Å². The Morgan fingerprint density at radius 3 is 2.64 bits per heavy atom. The average Bonchev–Trinajstić information content (AvgIpc) is 3.22. The zero-order valence-corrected chi connectivity index (χ0v) is 12.9. The summed E-state index contributed by atoms with van der Waals surface area (Å²) in [7, 11) is 0. The summed E-state index contributed by atoms with van der Waals surface area (Å²) < 4.78 is 11.2. The molecule has 1 spiro atoms. The molecule has 0 bridgehead atoms. The van der Waals surface area contributed by atoms with Crippen molar-refractivity contribution in [1.29, 1.82) is 0 Å². The fourth-order valence-electron chi connectivity index (χ4n) is 3.54. The summed E-state index contributed by atoms with van der Waals surface area (Å²) in [6, 6.07) is 0. The molecule has 0 unspecified atom stereocenters. The van der Waals surface area contributed by atoms with Crippen LogP contribution in [-0.4, -0.2) is 57.4 Å². The second-order valence-electron chi connectivity index (χ2n) is 7.24. The van der Waals surface area contributed by atoms with E-state index in [2.05, 4.69) is 15.0 Å². The van der Waals surface area contributed by atoms with E-state index in [4.69, 9.17) is 9.26 Å². The Hall–Kier alpha value is -1.18. The molecule has 1 saturated carbocycles. The second-order valence-corrected chi connectivity index (χ2v) is 7.24. The molecule has 2 saturated heterocycles. The van der Waals surface area contributed by atoms with Gasteiger partial charge in [0.1, 0.15) is 6.10 Å². The molecule has 0 amide bonds. The highest BCUT2D eigenvalue weighted by molar-refractivity contribution is 5.30. The van der Waals surface area contributed by atoms with Crippen molar-refractivity contribution in [3.63, 3.8) is 0 Å². The molecule has 3 heterocycles. The van der Waals surface area contributed by atoms with Crippen LogP contribution in [0.5, 0.6) is 0 Å². The van der Waals surface area contributed by atoms with Crippen molar-refractivity contribution in [2.24, 2.45) is 0 Å². The van der Waals surface area contributed by atoms with E-state index in [-0.39, 0.29) is 12.2 Å². The van der Waals surface area contributed by atoms with Crippen LogP contribution in [0.15, 0.2) is 4.52 Å². The molecule has 2 atom stereocenters. The van der Waals surface area contributed by atoms with Crippen molar-refractivity contribution in [1.82, 2.24) is 10.1 Å². The first kappa shape index (κ1) is 14.4. The van der Waals surface area contributed by atoms with Gasteiger partial charge in [0, 0.05) is 25.4 Å². The summed E-state index contributed by atoms with van der Waals surface area (Å²) in [6.07, 6.45) is 3.54. The van der Waals surface area contributed by atoms with Gasteiger partial charge in [-0.1, -0.05) is 0 Å². The standard InChI is InChI=1S/C15H23N3O4/c1-14(20)9-15(21-8-11(14)19)4-6-18(7-5-15)13-16-12(22-17-13)10-2-3-10/h10-11,19-20H,2-9H2,1H3/t11-,14-/m0/s1. The van der Waals surface area contributed by atoms with E-state index in [1.54, 1.807) is 6.92 Å². The molecule has 3 fully saturated rings. The molecule has 2 aliphatic heterocycles. The van der Waals surface area contributed by atoms with E-state index >= 15 is 0 Å². The van der Waals surface area contributed by atoms with Gasteiger partial charge in [0.05, 0.1) is 17.8 Å². The Kier molecular flexibility index (Phi) is 3.22. The summed E-state index contributed by atoms with van der Waals surface area (Å²) >= 11 is 0. The van der Waals surface area contributed by atoms with Crippen LogP contribution in [0.25, 0.3) is 0 Å². The lowest BCUT2D eigenvalue weighted by atomic mass is 9.77. The molecular formula is C15H23N3O4. The summed E-state index contributed by atoms with van der Waals surface area (Å²) in [5.41, 5.74) is -1.42. The second kappa shape index (κ2) is 4.91. The highest BCUT2D eigenvalue weighted by atomic mass is 16.5. The largest absolute Gasteiger partial charge is 0.388 e. The monoisotopic (exact) mass is 309 g/mol. The van der Waals surface area contributed by atoms with E-state index in [9.17, 15) is 10.2 Å². The summed E-state index contributed by atoms with van der Waals surface area (Å²) in [6.45, 7) is 3.43. The minimum Gasteiger partial charge on any atom is -0.388 e. The number of anilines is 1. The quantitative estimate of drug-likeness (QED) is 0.835. The first-order valence-corrected chi connectivity index (χ1v) is 8.10. The van der Waals surface area contributed by atoms with Gasteiger partial charge < -0.3 is 24.4 Å². The molecule has 2 N–H and O–H groups in total. The molecule has 22 heavy (non-hydrogen) atoms. The maximum atomic E-state index is 10.3. The van der Waals surface area contributed by atoms with E-state index in [1.807, 2.05) is 0 Å². The summed E-state index contributed by atoms with van der Waals surface area (Å²) in [5, 5.41) is 24.2. The lowest BCUT2D eigenvalue weighted by Crippen LogP contribution is -2.59. The SMILES string of the molecule is C[C@]1(O)CC2(CCN(c3noc(C4CC4)n3)CC2)OC[C@@H]1O. The number of aromatic nitrogens is 2. The topological polar surface area (TPSA) is 91.9 Å². The molecule has 7 nitrogen and oxygen atoms in total. The van der Waals surface area contributed by atoms with Crippen LogP contribution in [0.4, 0.5) is 5.95 Å².